The molecular formula is C10H30N2Si3. The Morgan fingerprint density at radius 2 is 0.733 bits per heavy atom. The van der Waals surface area contributed by atoms with Gasteiger partial charge in [-0.2, -0.15) is 0 Å². The van der Waals surface area contributed by atoms with Gasteiger partial charge in [-0.05, 0) is 28.2 Å². The summed E-state index contributed by atoms with van der Waals surface area (Å²) in [7, 11) is 5.53. The Hall–Kier alpha value is 0.571. The van der Waals surface area contributed by atoms with Crippen LogP contribution in [0, 0.1) is 0 Å². The van der Waals surface area contributed by atoms with E-state index < -0.39 is 22.6 Å². The van der Waals surface area contributed by atoms with Gasteiger partial charge in [0.05, 0.1) is 15.2 Å². The molecule has 0 atom stereocenters. The normalized spacial score (nSPS) is 15.2. The molecule has 0 spiro atoms. The van der Waals surface area contributed by atoms with E-state index in [1.165, 1.54) is 0 Å². The summed E-state index contributed by atoms with van der Waals surface area (Å²) < 4.78 is 5.23. The van der Waals surface area contributed by atoms with Gasteiger partial charge >= 0.3 is 0 Å². The molecule has 0 unspecified atom stereocenters. The van der Waals surface area contributed by atoms with Gasteiger partial charge in [0.15, 0.2) is 7.43 Å². The molecule has 15 heavy (non-hydrogen) atoms. The zero-order chi connectivity index (χ0) is 12.7. The van der Waals surface area contributed by atoms with Crippen molar-refractivity contribution in [3.05, 3.63) is 0 Å². The van der Waals surface area contributed by atoms with Gasteiger partial charge < -0.3 is 9.13 Å². The van der Waals surface area contributed by atoms with Crippen LogP contribution in [0.4, 0.5) is 0 Å². The highest BCUT2D eigenvalue weighted by molar-refractivity contribution is 7.66. The van der Waals surface area contributed by atoms with E-state index in [1.807, 2.05) is 0 Å². The summed E-state index contributed by atoms with van der Waals surface area (Å²) in [4.78, 5) is 0. The van der Waals surface area contributed by atoms with Crippen LogP contribution in [0.5, 0.6) is 0 Å². The van der Waals surface area contributed by atoms with Crippen molar-refractivity contribution in [1.29, 1.82) is 0 Å². The number of nitrogens with zero attached hydrogens (tertiary/aromatic N) is 2. The van der Waals surface area contributed by atoms with Gasteiger partial charge in [0.1, 0.15) is 0 Å². The molecular weight excluding hydrogens is 232 g/mol. The van der Waals surface area contributed by atoms with Crippen LogP contribution in [0.15, 0.2) is 0 Å². The predicted octanol–water partition coefficient (Wildman–Crippen LogP) is 2.38. The van der Waals surface area contributed by atoms with Crippen LogP contribution in [0.1, 0.15) is 0 Å². The highest BCUT2D eigenvalue weighted by Crippen LogP contribution is 2.32. The summed E-state index contributed by atoms with van der Waals surface area (Å²) in [5, 5.41) is 0. The summed E-state index contributed by atoms with van der Waals surface area (Å²) in [6, 6.07) is 0. The Balaban J connectivity index is 5.73. The van der Waals surface area contributed by atoms with E-state index in [2.05, 4.69) is 76.6 Å². The summed E-state index contributed by atoms with van der Waals surface area (Å²) in [6.07, 6.45) is 0. The van der Waals surface area contributed by atoms with Crippen molar-refractivity contribution in [3.8, 4) is 0 Å². The molecule has 0 aliphatic rings. The first-order valence-electron chi connectivity index (χ1n) is 5.74. The minimum absolute atomic E-state index is 1.15. The van der Waals surface area contributed by atoms with E-state index in [9.17, 15) is 0 Å². The average molecular weight is 263 g/mol. The highest BCUT2D eigenvalue weighted by atomic mass is 29.7. The molecule has 0 amide bonds. The van der Waals surface area contributed by atoms with Crippen LogP contribution >= 0.6 is 0 Å². The number of hydrogen-bond acceptors (Lipinski definition) is 2. The summed E-state index contributed by atoms with van der Waals surface area (Å²) in [5.41, 5.74) is 0. The van der Waals surface area contributed by atoms with Crippen LogP contribution in [-0.4, -0.2) is 59.9 Å². The molecule has 0 N–H and O–H groups in total. The van der Waals surface area contributed by atoms with Gasteiger partial charge in [-0.25, -0.2) is 0 Å². The molecule has 0 rings (SSSR count). The van der Waals surface area contributed by atoms with Crippen molar-refractivity contribution in [1.82, 2.24) is 9.13 Å². The van der Waals surface area contributed by atoms with E-state index in [0.717, 1.165) is 0 Å². The zero-order valence-corrected chi connectivity index (χ0v) is 15.4. The molecule has 0 fully saturated rings. The van der Waals surface area contributed by atoms with Gasteiger partial charge in [0.25, 0.3) is 0 Å². The lowest BCUT2D eigenvalue weighted by Crippen LogP contribution is -2.85. The Morgan fingerprint density at radius 3 is 0.733 bits per heavy atom. The SMILES string of the molecule is CN(C)[Si](N(C)C)([Si](C)(C)C)[Si](C)(C)C. The first kappa shape index (κ1) is 15.6. The maximum Gasteiger partial charge on any atom is 0.177 e. The molecule has 2 nitrogen and oxygen atoms in total. The lowest BCUT2D eigenvalue weighted by atomic mass is 11.3. The molecule has 0 radical (unpaired) electrons. The lowest BCUT2D eigenvalue weighted by Gasteiger charge is -2.57. The van der Waals surface area contributed by atoms with Crippen molar-refractivity contribution >= 4 is 22.6 Å². The van der Waals surface area contributed by atoms with E-state index >= 15 is 0 Å². The van der Waals surface area contributed by atoms with Crippen LogP contribution in [-0.2, 0) is 0 Å². The zero-order valence-electron chi connectivity index (χ0n) is 12.4. The maximum atomic E-state index is 2.62. The fourth-order valence-electron chi connectivity index (χ4n) is 4.21. The molecule has 0 aromatic rings. The first-order valence-corrected chi connectivity index (χ1v) is 16.6. The topological polar surface area (TPSA) is 6.48 Å². The molecule has 0 aliphatic carbocycles. The smallest absolute Gasteiger partial charge is 0.177 e. The van der Waals surface area contributed by atoms with Crippen molar-refractivity contribution < 1.29 is 0 Å². The van der Waals surface area contributed by atoms with Gasteiger partial charge in [-0.15, -0.1) is 0 Å². The molecule has 0 bridgehead atoms. The molecule has 5 heteroatoms. The second-order valence-electron chi connectivity index (χ2n) is 6.96. The Kier molecular flexibility index (Phi) is 4.61. The second-order valence-corrected chi connectivity index (χ2v) is 33.8. The third-order valence-corrected chi connectivity index (χ3v) is 41.6. The van der Waals surface area contributed by atoms with Crippen LogP contribution in [0.25, 0.3) is 0 Å². The molecule has 0 heterocycles. The van der Waals surface area contributed by atoms with Crippen LogP contribution in [0.3, 0.4) is 0 Å². The monoisotopic (exact) mass is 262 g/mol. The van der Waals surface area contributed by atoms with Gasteiger partial charge in [0.2, 0.25) is 0 Å². The number of rotatable bonds is 4. The lowest BCUT2D eigenvalue weighted by molar-refractivity contribution is 0.520. The van der Waals surface area contributed by atoms with E-state index in [4.69, 9.17) is 0 Å². The Labute approximate surface area is 99.4 Å². The van der Waals surface area contributed by atoms with Gasteiger partial charge in [-0.3, -0.25) is 0 Å². The van der Waals surface area contributed by atoms with Crippen molar-refractivity contribution in [2.75, 3.05) is 28.2 Å². The fraction of sp³-hybridized carbons (Fsp3) is 1.00. The molecule has 0 aliphatic heterocycles. The third-order valence-electron chi connectivity index (χ3n) is 3.39. The minimum atomic E-state index is -1.41. The summed E-state index contributed by atoms with van der Waals surface area (Å²) >= 11 is 0. The molecule has 0 saturated carbocycles. The molecule has 0 saturated heterocycles. The summed E-state index contributed by atoms with van der Waals surface area (Å²) in [5.74, 6) is 0. The van der Waals surface area contributed by atoms with Gasteiger partial charge in [0, 0.05) is 0 Å². The van der Waals surface area contributed by atoms with Crippen LogP contribution in [0.2, 0.25) is 39.3 Å². The van der Waals surface area contributed by atoms with E-state index in [0.29, 0.717) is 0 Å². The van der Waals surface area contributed by atoms with Crippen molar-refractivity contribution in [3.63, 3.8) is 0 Å². The molecule has 0 aromatic heterocycles. The van der Waals surface area contributed by atoms with E-state index in [-0.39, 0.29) is 0 Å². The third kappa shape index (κ3) is 2.46. The Morgan fingerprint density at radius 1 is 0.533 bits per heavy atom. The first-order chi connectivity index (χ1) is 6.39. The fourth-order valence-corrected chi connectivity index (χ4v) is 55.7. The second kappa shape index (κ2) is 4.44. The molecule has 92 valence electrons. The minimum Gasteiger partial charge on any atom is -0.322 e. The predicted molar refractivity (Wildman–Crippen MR) is 79.8 cm³/mol. The van der Waals surface area contributed by atoms with Crippen molar-refractivity contribution in [2.24, 2.45) is 0 Å². The Bertz CT molecular complexity index is 190. The average Bonchev–Trinajstić information content (AvgIpc) is 1.75. The maximum absolute atomic E-state index is 2.62. The number of hydrogen-bond donors (Lipinski definition) is 0. The quantitative estimate of drug-likeness (QED) is 0.718. The molecule has 0 aromatic carbocycles. The highest BCUT2D eigenvalue weighted by Gasteiger charge is 2.58. The standard InChI is InChI=1S/C10H30N2Si3/c1-11(2)15(12(3)4,13(5,6)7)14(8,9)10/h1-10H3. The van der Waals surface area contributed by atoms with E-state index in [1.54, 1.807) is 0 Å². The van der Waals surface area contributed by atoms with Crippen molar-refractivity contribution in [2.45, 2.75) is 39.3 Å². The van der Waals surface area contributed by atoms with Crippen LogP contribution < -0.4 is 0 Å². The van der Waals surface area contributed by atoms with Gasteiger partial charge in [-0.1, -0.05) is 39.3 Å². The largest absolute Gasteiger partial charge is 0.322 e. The summed E-state index contributed by atoms with van der Waals surface area (Å²) in [6.45, 7) is 15.3.